The minimum Gasteiger partial charge on any atom is -0.497 e. The van der Waals surface area contributed by atoms with E-state index in [1.807, 2.05) is 63.2 Å². The van der Waals surface area contributed by atoms with Crippen molar-refractivity contribution in [2.75, 3.05) is 39.5 Å². The zero-order valence-corrected chi connectivity index (χ0v) is 24.1. The molecule has 0 saturated carbocycles. The van der Waals surface area contributed by atoms with E-state index in [4.69, 9.17) is 28.4 Å². The van der Waals surface area contributed by atoms with E-state index >= 15 is 0 Å². The van der Waals surface area contributed by atoms with Crippen molar-refractivity contribution in [2.24, 2.45) is 0 Å². The number of carbonyl (C=O) groups excluding carboxylic acids is 2. The predicted molar refractivity (Wildman–Crippen MR) is 149 cm³/mol. The Bertz CT molecular complexity index is 1400. The smallest absolute Gasteiger partial charge is 0.412 e. The maximum Gasteiger partial charge on any atom is 0.412 e. The number of likely N-dealkylation sites (tertiary alicyclic amines) is 1. The second kappa shape index (κ2) is 9.95. The number of ether oxygens (including phenoxy) is 6. The van der Waals surface area contributed by atoms with E-state index in [9.17, 15) is 9.59 Å². The third kappa shape index (κ3) is 4.31. The van der Waals surface area contributed by atoms with E-state index in [1.54, 1.807) is 12.0 Å². The third-order valence-electron chi connectivity index (χ3n) is 8.30. The highest BCUT2D eigenvalue weighted by atomic mass is 16.7. The molecule has 3 heterocycles. The number of Topliss-reactive ketones (excluding diaryl/α,β-unsaturated/α-hetero) is 1. The predicted octanol–water partition coefficient (Wildman–Crippen LogP) is 4.56. The third-order valence-corrected chi connectivity index (χ3v) is 8.30. The summed E-state index contributed by atoms with van der Waals surface area (Å²) in [4.78, 5) is 29.3. The van der Waals surface area contributed by atoms with Gasteiger partial charge < -0.3 is 33.7 Å². The lowest BCUT2D eigenvalue weighted by Crippen LogP contribution is -2.70. The summed E-state index contributed by atoms with van der Waals surface area (Å²) in [6.07, 6.45) is 1.50. The number of benzene rings is 2. The fraction of sp³-hybridized carbons (Fsp3) is 0.484. The van der Waals surface area contributed by atoms with Gasteiger partial charge in [-0.05, 0) is 68.5 Å². The number of amides is 1. The molecule has 1 saturated heterocycles. The van der Waals surface area contributed by atoms with Gasteiger partial charge in [0.2, 0.25) is 6.79 Å². The molecule has 10 heteroatoms. The summed E-state index contributed by atoms with van der Waals surface area (Å²) < 4.78 is 34.3. The van der Waals surface area contributed by atoms with Crippen molar-refractivity contribution in [2.45, 2.75) is 63.0 Å². The number of ketones is 1. The molecule has 6 rings (SSSR count). The molecular formula is C31H36N2O8. The van der Waals surface area contributed by atoms with E-state index in [0.717, 1.165) is 22.6 Å². The molecule has 1 fully saturated rings. The number of nitrogens with zero attached hydrogens (tertiary/aromatic N) is 1. The quantitative estimate of drug-likeness (QED) is 0.485. The first kappa shape index (κ1) is 27.4. The zero-order valence-electron chi connectivity index (χ0n) is 24.1. The number of methoxy groups -OCH3 is 2. The lowest BCUT2D eigenvalue weighted by molar-refractivity contribution is -0.136. The Kier molecular flexibility index (Phi) is 6.66. The lowest BCUT2D eigenvalue weighted by atomic mass is 9.64. The molecule has 3 aliphatic heterocycles. The van der Waals surface area contributed by atoms with Gasteiger partial charge in [-0.15, -0.1) is 0 Å². The molecule has 2 unspecified atom stereocenters. The van der Waals surface area contributed by atoms with Crippen LogP contribution in [-0.2, 0) is 31.0 Å². The number of anilines is 1. The molecule has 0 aromatic heterocycles. The summed E-state index contributed by atoms with van der Waals surface area (Å²) >= 11 is 0. The van der Waals surface area contributed by atoms with E-state index in [0.29, 0.717) is 49.7 Å². The van der Waals surface area contributed by atoms with Crippen LogP contribution < -0.4 is 19.5 Å². The first-order valence-electron chi connectivity index (χ1n) is 13.8. The van der Waals surface area contributed by atoms with Gasteiger partial charge in [-0.1, -0.05) is 18.2 Å². The average molecular weight is 565 g/mol. The van der Waals surface area contributed by atoms with Gasteiger partial charge in [-0.3, -0.25) is 9.69 Å². The molecule has 0 spiro atoms. The van der Waals surface area contributed by atoms with Crippen LogP contribution in [0.5, 0.6) is 17.2 Å². The summed E-state index contributed by atoms with van der Waals surface area (Å²) in [5.74, 6) is 1.84. The van der Waals surface area contributed by atoms with Crippen LogP contribution in [0.4, 0.5) is 10.5 Å². The molecule has 1 aliphatic carbocycles. The van der Waals surface area contributed by atoms with Gasteiger partial charge in [0, 0.05) is 25.4 Å². The van der Waals surface area contributed by atoms with E-state index < -0.39 is 28.9 Å². The zero-order chi connectivity index (χ0) is 29.0. The van der Waals surface area contributed by atoms with Gasteiger partial charge in [0.15, 0.2) is 29.0 Å². The summed E-state index contributed by atoms with van der Waals surface area (Å²) in [5, 5.41) is 3.56. The van der Waals surface area contributed by atoms with Crippen LogP contribution in [0.25, 0.3) is 0 Å². The Labute approximate surface area is 239 Å². The number of fused-ring (bicyclic) bond motifs is 2. The standard InChI is InChI=1S/C31H36N2O8/c1-29(2,3)41-28(35)33-12-11-30-16-20(10-13-38-17-19-6-8-21(36-4)9-7-19)26(34)27(37-5)31(30,33)32-23-15-25-24(14-22(23)30)39-18-40-25/h6-9,14-16,27,32H,10-13,17-18H2,1-5H3/t27?,30-,31?/m1/s1. The van der Waals surface area contributed by atoms with Crippen LogP contribution in [0.2, 0.25) is 0 Å². The van der Waals surface area contributed by atoms with Crippen LogP contribution in [0, 0.1) is 0 Å². The second-order valence-electron chi connectivity index (χ2n) is 11.8. The summed E-state index contributed by atoms with van der Waals surface area (Å²) in [6, 6.07) is 11.5. The molecule has 2 aromatic carbocycles. The Balaban J connectivity index is 1.35. The van der Waals surface area contributed by atoms with Gasteiger partial charge in [-0.2, -0.15) is 0 Å². The maximum absolute atomic E-state index is 14.0. The van der Waals surface area contributed by atoms with Crippen molar-refractivity contribution >= 4 is 17.6 Å². The first-order chi connectivity index (χ1) is 19.6. The molecule has 4 aliphatic rings. The van der Waals surface area contributed by atoms with Crippen molar-refractivity contribution < 1.29 is 38.0 Å². The van der Waals surface area contributed by atoms with Gasteiger partial charge in [0.1, 0.15) is 11.4 Å². The normalized spacial score (nSPS) is 25.7. The minimum absolute atomic E-state index is 0.145. The van der Waals surface area contributed by atoms with Crippen molar-refractivity contribution in [3.05, 3.63) is 59.2 Å². The largest absolute Gasteiger partial charge is 0.497 e. The Morgan fingerprint density at radius 1 is 1.12 bits per heavy atom. The minimum atomic E-state index is -1.22. The van der Waals surface area contributed by atoms with Gasteiger partial charge in [0.25, 0.3) is 0 Å². The fourth-order valence-corrected chi connectivity index (χ4v) is 6.58. The molecule has 0 radical (unpaired) electrons. The number of rotatable bonds is 7. The Hall–Kier alpha value is -3.76. The molecule has 1 amide bonds. The molecule has 3 atom stereocenters. The summed E-state index contributed by atoms with van der Waals surface area (Å²) in [5.41, 5.74) is 0.629. The van der Waals surface area contributed by atoms with E-state index in [1.165, 1.54) is 7.11 Å². The highest BCUT2D eigenvalue weighted by Crippen LogP contribution is 2.62. The van der Waals surface area contributed by atoms with Gasteiger partial charge >= 0.3 is 6.09 Å². The van der Waals surface area contributed by atoms with Gasteiger partial charge in [-0.25, -0.2) is 4.79 Å². The molecule has 1 N–H and O–H groups in total. The van der Waals surface area contributed by atoms with Crippen LogP contribution in [-0.4, -0.2) is 68.3 Å². The molecule has 2 aromatic rings. The van der Waals surface area contributed by atoms with Crippen molar-refractivity contribution in [1.29, 1.82) is 0 Å². The number of nitrogens with one attached hydrogen (secondary N) is 1. The number of hydrogen-bond acceptors (Lipinski definition) is 9. The van der Waals surface area contributed by atoms with Gasteiger partial charge in [0.05, 0.1) is 25.7 Å². The number of carbonyl (C=O) groups is 2. The van der Waals surface area contributed by atoms with Crippen LogP contribution in [0.1, 0.15) is 44.7 Å². The fourth-order valence-electron chi connectivity index (χ4n) is 6.58. The van der Waals surface area contributed by atoms with Crippen molar-refractivity contribution in [1.82, 2.24) is 4.90 Å². The lowest BCUT2D eigenvalue weighted by Gasteiger charge is -2.50. The average Bonchev–Trinajstić information content (AvgIpc) is 3.59. The number of hydrogen-bond donors (Lipinski definition) is 1. The second-order valence-corrected chi connectivity index (χ2v) is 11.8. The monoisotopic (exact) mass is 564 g/mol. The molecular weight excluding hydrogens is 528 g/mol. The van der Waals surface area contributed by atoms with Crippen molar-refractivity contribution in [3.8, 4) is 17.2 Å². The highest BCUT2D eigenvalue weighted by molar-refractivity contribution is 6.04. The van der Waals surface area contributed by atoms with Crippen LogP contribution in [0.3, 0.4) is 0 Å². The highest BCUT2D eigenvalue weighted by Gasteiger charge is 2.72. The Morgan fingerprint density at radius 2 is 1.85 bits per heavy atom. The van der Waals surface area contributed by atoms with E-state index in [2.05, 4.69) is 5.32 Å². The van der Waals surface area contributed by atoms with Crippen molar-refractivity contribution in [3.63, 3.8) is 0 Å². The topological polar surface area (TPSA) is 105 Å². The summed E-state index contributed by atoms with van der Waals surface area (Å²) in [7, 11) is 3.14. The summed E-state index contributed by atoms with van der Waals surface area (Å²) in [6.45, 7) is 6.75. The van der Waals surface area contributed by atoms with Crippen LogP contribution in [0.15, 0.2) is 48.0 Å². The SMILES string of the molecule is COc1ccc(COCCC2=C[C@@]34CCN(C(=O)OC(C)(C)C)C3(Nc3cc5c(cc34)OCO5)C(OC)C2=O)cc1. The maximum atomic E-state index is 14.0. The van der Waals surface area contributed by atoms with E-state index in [-0.39, 0.29) is 12.6 Å². The van der Waals surface area contributed by atoms with Crippen LogP contribution >= 0.6 is 0 Å². The Morgan fingerprint density at radius 3 is 2.54 bits per heavy atom. The first-order valence-corrected chi connectivity index (χ1v) is 13.8. The molecule has 41 heavy (non-hydrogen) atoms. The molecule has 218 valence electrons. The molecule has 0 bridgehead atoms. The molecule has 10 nitrogen and oxygen atoms in total.